The molecule has 0 atom stereocenters. The third kappa shape index (κ3) is 4.55. The smallest absolute Gasteiger partial charge is 0.307 e. The lowest BCUT2D eigenvalue weighted by atomic mass is 10.4. The second-order valence-electron chi connectivity index (χ2n) is 3.88. The molecule has 0 amide bonds. The van der Waals surface area contributed by atoms with Crippen LogP contribution in [-0.2, 0) is 16.1 Å². The molecule has 0 saturated heterocycles. The van der Waals surface area contributed by atoms with Gasteiger partial charge in [-0.05, 0) is 13.3 Å². The van der Waals surface area contributed by atoms with Gasteiger partial charge in [0.2, 0.25) is 0 Å². The molecule has 0 aromatic carbocycles. The molecule has 0 spiro atoms. The Hall–Kier alpha value is -1.56. The van der Waals surface area contributed by atoms with E-state index in [-0.39, 0.29) is 23.0 Å². The minimum absolute atomic E-state index is 0.0901. The van der Waals surface area contributed by atoms with Crippen molar-refractivity contribution in [2.75, 3.05) is 18.5 Å². The average Bonchev–Trinajstić information content (AvgIpc) is 2.38. The Morgan fingerprint density at radius 3 is 2.89 bits per heavy atom. The highest BCUT2D eigenvalue weighted by Crippen LogP contribution is 2.15. The van der Waals surface area contributed by atoms with Crippen LogP contribution in [0.25, 0.3) is 0 Å². The zero-order chi connectivity index (χ0) is 14.3. The molecule has 0 aliphatic carbocycles. The Balaban J connectivity index is 2.62. The van der Waals surface area contributed by atoms with Crippen molar-refractivity contribution in [3.63, 3.8) is 0 Å². The lowest BCUT2D eigenvalue weighted by Gasteiger charge is -2.09. The molecule has 1 N–H and O–H groups in total. The highest BCUT2D eigenvalue weighted by molar-refractivity contribution is 6.32. The summed E-state index contributed by atoms with van der Waals surface area (Å²) >= 11 is 5.96. The van der Waals surface area contributed by atoms with Gasteiger partial charge < -0.3 is 10.1 Å². The van der Waals surface area contributed by atoms with E-state index in [1.165, 1.54) is 10.9 Å². The maximum atomic E-state index is 11.8. The molecule has 0 bridgehead atoms. The molecule has 19 heavy (non-hydrogen) atoms. The molecule has 0 aliphatic rings. The highest BCUT2D eigenvalue weighted by Gasteiger charge is 2.09. The number of esters is 1. The summed E-state index contributed by atoms with van der Waals surface area (Å²) in [6.45, 7) is 4.93. The second-order valence-corrected chi connectivity index (χ2v) is 4.26. The summed E-state index contributed by atoms with van der Waals surface area (Å²) in [5, 5.41) is 7.00. The molecule has 1 heterocycles. The van der Waals surface area contributed by atoms with Gasteiger partial charge in [0.25, 0.3) is 5.56 Å². The summed E-state index contributed by atoms with van der Waals surface area (Å²) in [7, 11) is 0. The zero-order valence-electron chi connectivity index (χ0n) is 11.1. The SMILES string of the molecule is CCCn1ncc(NCCC(=O)OCC)c(Cl)c1=O. The van der Waals surface area contributed by atoms with Gasteiger partial charge in [-0.2, -0.15) is 5.10 Å². The number of nitrogens with zero attached hydrogens (tertiary/aromatic N) is 2. The lowest BCUT2D eigenvalue weighted by Crippen LogP contribution is -2.24. The molecular formula is C12H18ClN3O3. The Labute approximate surface area is 116 Å². The second kappa shape index (κ2) is 7.78. The van der Waals surface area contributed by atoms with E-state index in [2.05, 4.69) is 10.4 Å². The minimum Gasteiger partial charge on any atom is -0.466 e. The van der Waals surface area contributed by atoms with Crippen molar-refractivity contribution in [3.05, 3.63) is 21.6 Å². The molecular weight excluding hydrogens is 270 g/mol. The Kier molecular flexibility index (Phi) is 6.35. The van der Waals surface area contributed by atoms with E-state index in [4.69, 9.17) is 16.3 Å². The van der Waals surface area contributed by atoms with Crippen molar-refractivity contribution in [2.24, 2.45) is 0 Å². The van der Waals surface area contributed by atoms with Crippen LogP contribution < -0.4 is 10.9 Å². The van der Waals surface area contributed by atoms with Gasteiger partial charge in [0.15, 0.2) is 0 Å². The fourth-order valence-electron chi connectivity index (χ4n) is 1.49. The number of carbonyl (C=O) groups is 1. The standard InChI is InChI=1S/C12H18ClN3O3/c1-3-7-16-12(18)11(13)9(8-15-16)14-6-5-10(17)19-4-2/h8,14H,3-7H2,1-2H3. The van der Waals surface area contributed by atoms with Crippen molar-refractivity contribution < 1.29 is 9.53 Å². The maximum absolute atomic E-state index is 11.8. The molecule has 0 fully saturated rings. The number of nitrogens with one attached hydrogen (secondary N) is 1. The zero-order valence-corrected chi connectivity index (χ0v) is 11.9. The molecule has 106 valence electrons. The highest BCUT2D eigenvalue weighted by atomic mass is 35.5. The number of halogens is 1. The van der Waals surface area contributed by atoms with Crippen LogP contribution in [0.2, 0.25) is 5.02 Å². The van der Waals surface area contributed by atoms with Crippen LogP contribution >= 0.6 is 11.6 Å². The van der Waals surface area contributed by atoms with Crippen molar-refractivity contribution in [1.82, 2.24) is 9.78 Å². The molecule has 0 unspecified atom stereocenters. The quantitative estimate of drug-likeness (QED) is 0.772. The number of aromatic nitrogens is 2. The number of rotatable bonds is 7. The first-order chi connectivity index (χ1) is 9.10. The van der Waals surface area contributed by atoms with E-state index in [1.807, 2.05) is 6.92 Å². The summed E-state index contributed by atoms with van der Waals surface area (Å²) in [6, 6.07) is 0. The minimum atomic E-state index is -0.329. The van der Waals surface area contributed by atoms with Gasteiger partial charge >= 0.3 is 5.97 Å². The molecule has 0 aliphatic heterocycles. The Morgan fingerprint density at radius 2 is 2.26 bits per heavy atom. The van der Waals surface area contributed by atoms with Gasteiger partial charge in [-0.1, -0.05) is 18.5 Å². The van der Waals surface area contributed by atoms with Crippen LogP contribution in [0.3, 0.4) is 0 Å². The van der Waals surface area contributed by atoms with Crippen LogP contribution in [0.5, 0.6) is 0 Å². The van der Waals surface area contributed by atoms with Crippen LogP contribution in [0.15, 0.2) is 11.0 Å². The number of hydrogen-bond donors (Lipinski definition) is 1. The predicted octanol–water partition coefficient (Wildman–Crippen LogP) is 1.67. The van der Waals surface area contributed by atoms with Gasteiger partial charge in [-0.25, -0.2) is 4.68 Å². The molecule has 0 radical (unpaired) electrons. The van der Waals surface area contributed by atoms with Gasteiger partial charge in [0.05, 0.1) is 24.9 Å². The summed E-state index contributed by atoms with van der Waals surface area (Å²) in [6.07, 6.45) is 2.51. The lowest BCUT2D eigenvalue weighted by molar-refractivity contribution is -0.142. The monoisotopic (exact) mass is 287 g/mol. The van der Waals surface area contributed by atoms with Crippen molar-refractivity contribution in [1.29, 1.82) is 0 Å². The first-order valence-corrected chi connectivity index (χ1v) is 6.63. The van der Waals surface area contributed by atoms with Gasteiger partial charge in [-0.15, -0.1) is 0 Å². The number of anilines is 1. The molecule has 1 rings (SSSR count). The summed E-state index contributed by atoms with van der Waals surface area (Å²) in [4.78, 5) is 23.0. The summed E-state index contributed by atoms with van der Waals surface area (Å²) in [5.41, 5.74) is 0.105. The van der Waals surface area contributed by atoms with Crippen LogP contribution in [0.4, 0.5) is 5.69 Å². The summed E-state index contributed by atoms with van der Waals surface area (Å²) < 4.78 is 6.11. The summed E-state index contributed by atoms with van der Waals surface area (Å²) in [5.74, 6) is -0.293. The van der Waals surface area contributed by atoms with Gasteiger partial charge in [-0.3, -0.25) is 9.59 Å². The van der Waals surface area contributed by atoms with Gasteiger partial charge in [0, 0.05) is 13.1 Å². The van der Waals surface area contributed by atoms with E-state index < -0.39 is 0 Å². The first kappa shape index (κ1) is 15.5. The molecule has 0 saturated carbocycles. The van der Waals surface area contributed by atoms with Crippen LogP contribution in [0, 0.1) is 0 Å². The maximum Gasteiger partial charge on any atom is 0.307 e. The molecule has 1 aromatic rings. The van der Waals surface area contributed by atoms with E-state index in [0.29, 0.717) is 25.4 Å². The first-order valence-electron chi connectivity index (χ1n) is 6.25. The average molecular weight is 288 g/mol. The topological polar surface area (TPSA) is 73.2 Å². The predicted molar refractivity (Wildman–Crippen MR) is 73.5 cm³/mol. The Morgan fingerprint density at radius 1 is 1.53 bits per heavy atom. The number of ether oxygens (including phenoxy) is 1. The third-order valence-electron chi connectivity index (χ3n) is 2.37. The molecule has 6 nitrogen and oxygen atoms in total. The van der Waals surface area contributed by atoms with Crippen molar-refractivity contribution >= 4 is 23.3 Å². The Bertz CT molecular complexity index is 488. The fraction of sp³-hybridized carbons (Fsp3) is 0.583. The van der Waals surface area contributed by atoms with Crippen molar-refractivity contribution in [3.8, 4) is 0 Å². The van der Waals surface area contributed by atoms with E-state index in [9.17, 15) is 9.59 Å². The van der Waals surface area contributed by atoms with Crippen LogP contribution in [0.1, 0.15) is 26.7 Å². The van der Waals surface area contributed by atoms with Gasteiger partial charge in [0.1, 0.15) is 5.02 Å². The third-order valence-corrected chi connectivity index (χ3v) is 2.74. The van der Waals surface area contributed by atoms with E-state index >= 15 is 0 Å². The van der Waals surface area contributed by atoms with Crippen LogP contribution in [-0.4, -0.2) is 28.9 Å². The molecule has 1 aromatic heterocycles. The van der Waals surface area contributed by atoms with E-state index in [1.54, 1.807) is 6.92 Å². The molecule has 7 heteroatoms. The normalized spacial score (nSPS) is 10.3. The number of hydrogen-bond acceptors (Lipinski definition) is 5. The largest absolute Gasteiger partial charge is 0.466 e. The van der Waals surface area contributed by atoms with E-state index in [0.717, 1.165) is 6.42 Å². The van der Waals surface area contributed by atoms with Crippen molar-refractivity contribution in [2.45, 2.75) is 33.2 Å². The number of aryl methyl sites for hydroxylation is 1. The fourth-order valence-corrected chi connectivity index (χ4v) is 1.70. The number of carbonyl (C=O) groups excluding carboxylic acids is 1.